The second kappa shape index (κ2) is 7.31. The normalized spacial score (nSPS) is 23.8. The average molecular weight is 398 g/mol. The van der Waals surface area contributed by atoms with Gasteiger partial charge in [-0.15, -0.1) is 0 Å². The molecule has 4 rings (SSSR count). The van der Waals surface area contributed by atoms with Gasteiger partial charge in [-0.25, -0.2) is 9.80 Å². The summed E-state index contributed by atoms with van der Waals surface area (Å²) in [6.07, 6.45) is 2.36. The minimum Gasteiger partial charge on any atom is -0.454 e. The zero-order chi connectivity index (χ0) is 20.6. The fourth-order valence-corrected chi connectivity index (χ4v) is 3.66. The van der Waals surface area contributed by atoms with E-state index >= 15 is 0 Å². The van der Waals surface area contributed by atoms with E-state index in [-0.39, 0.29) is 5.92 Å². The van der Waals surface area contributed by atoms with E-state index in [1.54, 1.807) is 6.92 Å². The number of rotatable bonds is 6. The Morgan fingerprint density at radius 3 is 2.66 bits per heavy atom. The number of benzene rings is 1. The van der Waals surface area contributed by atoms with Crippen molar-refractivity contribution in [2.45, 2.75) is 31.7 Å². The van der Waals surface area contributed by atoms with Gasteiger partial charge in [0.15, 0.2) is 6.61 Å². The summed E-state index contributed by atoms with van der Waals surface area (Å²) in [4.78, 5) is 49.8. The highest BCUT2D eigenvalue weighted by molar-refractivity contribution is 6.09. The highest BCUT2D eigenvalue weighted by atomic mass is 16.5. The smallest absolute Gasteiger partial charge is 0.326 e. The Kier molecular flexibility index (Phi) is 4.81. The standard InChI is InChI=1S/C20H22N4O5/c1-20(14-7-8-14)18(27)23(19(28)21-20)11-17(26)29-12-16(25)24-10-9-15(22-24)13-5-3-2-4-6-13/h2-6,14H,7-12H2,1H3,(H,21,28)/t20-/m0/s1. The van der Waals surface area contributed by atoms with Crippen molar-refractivity contribution in [2.24, 2.45) is 11.0 Å². The number of esters is 1. The van der Waals surface area contributed by atoms with E-state index in [2.05, 4.69) is 10.4 Å². The molecule has 0 radical (unpaired) electrons. The van der Waals surface area contributed by atoms with Gasteiger partial charge in [0.2, 0.25) is 0 Å². The van der Waals surface area contributed by atoms with E-state index in [0.717, 1.165) is 29.0 Å². The number of carbonyl (C=O) groups is 4. The van der Waals surface area contributed by atoms with Gasteiger partial charge in [-0.2, -0.15) is 5.10 Å². The molecule has 1 N–H and O–H groups in total. The Balaban J connectivity index is 1.29. The predicted molar refractivity (Wildman–Crippen MR) is 102 cm³/mol. The van der Waals surface area contributed by atoms with E-state index in [0.29, 0.717) is 13.0 Å². The summed E-state index contributed by atoms with van der Waals surface area (Å²) in [5.41, 5.74) is 0.784. The first-order chi connectivity index (χ1) is 13.9. The molecule has 1 saturated carbocycles. The van der Waals surface area contributed by atoms with E-state index in [9.17, 15) is 19.2 Å². The first kappa shape index (κ1) is 19.1. The number of urea groups is 1. The van der Waals surface area contributed by atoms with Crippen LogP contribution in [0.4, 0.5) is 4.79 Å². The summed E-state index contributed by atoms with van der Waals surface area (Å²) in [6.45, 7) is 1.08. The number of imide groups is 1. The Bertz CT molecular complexity index is 895. The molecule has 0 unspecified atom stereocenters. The highest BCUT2D eigenvalue weighted by Gasteiger charge is 2.56. The maximum absolute atomic E-state index is 12.5. The molecule has 29 heavy (non-hydrogen) atoms. The predicted octanol–water partition coefficient (Wildman–Crippen LogP) is 0.887. The van der Waals surface area contributed by atoms with Gasteiger partial charge in [0.05, 0.1) is 12.3 Å². The fraction of sp³-hybridized carbons (Fsp3) is 0.450. The van der Waals surface area contributed by atoms with E-state index in [1.165, 1.54) is 5.01 Å². The van der Waals surface area contributed by atoms with Crippen LogP contribution in [-0.2, 0) is 19.1 Å². The summed E-state index contributed by atoms with van der Waals surface area (Å²) >= 11 is 0. The van der Waals surface area contributed by atoms with Crippen LogP contribution in [0.1, 0.15) is 31.7 Å². The number of carbonyl (C=O) groups excluding carboxylic acids is 4. The van der Waals surface area contributed by atoms with Gasteiger partial charge in [-0.05, 0) is 31.2 Å². The molecule has 3 aliphatic rings. The fourth-order valence-electron chi connectivity index (χ4n) is 3.66. The molecule has 2 aliphatic heterocycles. The second-order valence-electron chi connectivity index (χ2n) is 7.64. The molecule has 2 heterocycles. The molecule has 1 atom stereocenters. The summed E-state index contributed by atoms with van der Waals surface area (Å²) in [7, 11) is 0. The lowest BCUT2D eigenvalue weighted by Gasteiger charge is -2.20. The zero-order valence-corrected chi connectivity index (χ0v) is 16.1. The topological polar surface area (TPSA) is 108 Å². The molecule has 1 aromatic carbocycles. The van der Waals surface area contributed by atoms with E-state index < -0.39 is 42.5 Å². The third kappa shape index (κ3) is 3.72. The quantitative estimate of drug-likeness (QED) is 0.565. The Hall–Kier alpha value is -3.23. The molecule has 0 aromatic heterocycles. The van der Waals surface area contributed by atoms with Crippen LogP contribution < -0.4 is 5.32 Å². The first-order valence-electron chi connectivity index (χ1n) is 9.61. The molecule has 9 heteroatoms. The minimum atomic E-state index is -0.953. The van der Waals surface area contributed by atoms with Gasteiger partial charge in [-0.1, -0.05) is 30.3 Å². The van der Waals surface area contributed by atoms with Gasteiger partial charge in [0, 0.05) is 6.42 Å². The third-order valence-electron chi connectivity index (χ3n) is 5.54. The van der Waals surface area contributed by atoms with Crippen LogP contribution in [0.15, 0.2) is 35.4 Å². The maximum atomic E-state index is 12.5. The van der Waals surface area contributed by atoms with Crippen molar-refractivity contribution in [1.82, 2.24) is 15.2 Å². The summed E-state index contributed by atoms with van der Waals surface area (Å²) in [5, 5.41) is 8.22. The Labute approximate surface area is 167 Å². The molecular weight excluding hydrogens is 376 g/mol. The largest absolute Gasteiger partial charge is 0.454 e. The molecule has 152 valence electrons. The lowest BCUT2D eigenvalue weighted by atomic mass is 9.96. The summed E-state index contributed by atoms with van der Waals surface area (Å²) in [5.74, 6) is -1.59. The molecule has 1 aliphatic carbocycles. The number of hydrogen-bond donors (Lipinski definition) is 1. The Morgan fingerprint density at radius 2 is 1.97 bits per heavy atom. The van der Waals surface area contributed by atoms with Crippen LogP contribution in [0.25, 0.3) is 0 Å². The van der Waals surface area contributed by atoms with Crippen molar-refractivity contribution in [3.8, 4) is 0 Å². The lowest BCUT2D eigenvalue weighted by molar-refractivity contribution is -0.153. The molecule has 2 fully saturated rings. The number of ether oxygens (including phenoxy) is 1. The summed E-state index contributed by atoms with van der Waals surface area (Å²) < 4.78 is 4.99. The molecule has 9 nitrogen and oxygen atoms in total. The second-order valence-corrected chi connectivity index (χ2v) is 7.64. The average Bonchev–Trinajstić information content (AvgIpc) is 3.42. The van der Waals surface area contributed by atoms with Crippen LogP contribution in [0.5, 0.6) is 0 Å². The Morgan fingerprint density at radius 1 is 1.24 bits per heavy atom. The minimum absolute atomic E-state index is 0.105. The molecule has 4 amide bonds. The molecule has 1 saturated heterocycles. The molecule has 0 spiro atoms. The molecular formula is C20H22N4O5. The zero-order valence-electron chi connectivity index (χ0n) is 16.1. The van der Waals surface area contributed by atoms with Crippen molar-refractivity contribution < 1.29 is 23.9 Å². The maximum Gasteiger partial charge on any atom is 0.326 e. The van der Waals surface area contributed by atoms with Crippen molar-refractivity contribution in [1.29, 1.82) is 0 Å². The first-order valence-corrected chi connectivity index (χ1v) is 9.61. The number of hydrogen-bond acceptors (Lipinski definition) is 6. The lowest BCUT2D eigenvalue weighted by Crippen LogP contribution is -2.46. The van der Waals surface area contributed by atoms with Crippen molar-refractivity contribution in [3.63, 3.8) is 0 Å². The molecule has 0 bridgehead atoms. The number of hydrazone groups is 1. The van der Waals surface area contributed by atoms with Crippen LogP contribution in [0, 0.1) is 5.92 Å². The summed E-state index contributed by atoms with van der Waals surface area (Å²) in [6, 6.07) is 8.92. The number of nitrogens with zero attached hydrogens (tertiary/aromatic N) is 3. The van der Waals surface area contributed by atoms with E-state index in [4.69, 9.17) is 4.74 Å². The van der Waals surface area contributed by atoms with Crippen LogP contribution in [0.3, 0.4) is 0 Å². The SMILES string of the molecule is C[C@@]1(C2CC2)NC(=O)N(CC(=O)OCC(=O)N2CCC(c3ccccc3)=N2)C1=O. The monoisotopic (exact) mass is 398 g/mol. The van der Waals surface area contributed by atoms with Gasteiger partial charge >= 0.3 is 12.0 Å². The van der Waals surface area contributed by atoms with Crippen molar-refractivity contribution in [3.05, 3.63) is 35.9 Å². The van der Waals surface area contributed by atoms with Gasteiger partial charge in [-0.3, -0.25) is 19.3 Å². The highest BCUT2D eigenvalue weighted by Crippen LogP contribution is 2.42. The van der Waals surface area contributed by atoms with Crippen LogP contribution in [-0.4, -0.2) is 64.7 Å². The van der Waals surface area contributed by atoms with Gasteiger partial charge < -0.3 is 10.1 Å². The van der Waals surface area contributed by atoms with Crippen LogP contribution >= 0.6 is 0 Å². The molecule has 1 aromatic rings. The van der Waals surface area contributed by atoms with Gasteiger partial charge in [0.1, 0.15) is 12.1 Å². The number of amides is 4. The van der Waals surface area contributed by atoms with Crippen molar-refractivity contribution >= 4 is 29.5 Å². The van der Waals surface area contributed by atoms with Crippen molar-refractivity contribution in [2.75, 3.05) is 19.7 Å². The third-order valence-corrected chi connectivity index (χ3v) is 5.54. The van der Waals surface area contributed by atoms with Crippen LogP contribution in [0.2, 0.25) is 0 Å². The van der Waals surface area contributed by atoms with E-state index in [1.807, 2.05) is 30.3 Å². The van der Waals surface area contributed by atoms with Gasteiger partial charge in [0.25, 0.3) is 11.8 Å². The number of nitrogens with one attached hydrogen (secondary N) is 1.